The van der Waals surface area contributed by atoms with Crippen LogP contribution in [0.1, 0.15) is 35.7 Å². The highest BCUT2D eigenvalue weighted by atomic mass is 19.4. The number of ketones is 1. The van der Waals surface area contributed by atoms with Gasteiger partial charge in [0, 0.05) is 50.4 Å². The molecule has 1 fully saturated rings. The Balaban J connectivity index is 1.30. The first-order chi connectivity index (χ1) is 16.6. The van der Waals surface area contributed by atoms with Crippen LogP contribution in [0.2, 0.25) is 0 Å². The summed E-state index contributed by atoms with van der Waals surface area (Å²) in [6.07, 6.45) is -3.73. The van der Waals surface area contributed by atoms with E-state index in [0.717, 1.165) is 12.1 Å². The van der Waals surface area contributed by atoms with Crippen molar-refractivity contribution in [3.05, 3.63) is 53.6 Å². The SMILES string of the molecule is CC(=O)c1ccc2c(c1)N(CCCC(=O)N1CCN(c3cccc(C(F)(F)F)c3)CC1)C(=O)CO2. The predicted octanol–water partition coefficient (Wildman–Crippen LogP) is 3.76. The van der Waals surface area contributed by atoms with Gasteiger partial charge in [-0.2, -0.15) is 13.2 Å². The summed E-state index contributed by atoms with van der Waals surface area (Å²) in [7, 11) is 0. The lowest BCUT2D eigenvalue weighted by Crippen LogP contribution is -2.49. The number of fused-ring (bicyclic) bond motifs is 1. The summed E-state index contributed by atoms with van der Waals surface area (Å²) in [6, 6.07) is 10.2. The molecular formula is C25H26F3N3O4. The summed E-state index contributed by atoms with van der Waals surface area (Å²) in [5, 5.41) is 0. The fourth-order valence-corrected chi connectivity index (χ4v) is 4.31. The molecule has 0 aromatic heterocycles. The third-order valence-corrected chi connectivity index (χ3v) is 6.25. The number of anilines is 2. The van der Waals surface area contributed by atoms with E-state index in [1.54, 1.807) is 34.1 Å². The molecule has 0 aliphatic carbocycles. The van der Waals surface area contributed by atoms with Gasteiger partial charge in [0.25, 0.3) is 5.91 Å². The van der Waals surface area contributed by atoms with Gasteiger partial charge in [-0.1, -0.05) is 6.07 Å². The average molecular weight is 489 g/mol. The van der Waals surface area contributed by atoms with Crippen molar-refractivity contribution in [2.45, 2.75) is 25.9 Å². The minimum Gasteiger partial charge on any atom is -0.482 e. The van der Waals surface area contributed by atoms with Crippen LogP contribution in [0.5, 0.6) is 5.75 Å². The van der Waals surface area contributed by atoms with Crippen molar-refractivity contribution in [3.63, 3.8) is 0 Å². The van der Waals surface area contributed by atoms with Gasteiger partial charge in [0.15, 0.2) is 12.4 Å². The largest absolute Gasteiger partial charge is 0.482 e. The number of alkyl halides is 3. The maximum atomic E-state index is 13.0. The van der Waals surface area contributed by atoms with Crippen LogP contribution < -0.4 is 14.5 Å². The monoisotopic (exact) mass is 489 g/mol. The highest BCUT2D eigenvalue weighted by Crippen LogP contribution is 2.34. The zero-order chi connectivity index (χ0) is 25.2. The summed E-state index contributed by atoms with van der Waals surface area (Å²) < 4.78 is 44.4. The fourth-order valence-electron chi connectivity index (χ4n) is 4.31. The maximum Gasteiger partial charge on any atom is 0.416 e. The van der Waals surface area contributed by atoms with Crippen LogP contribution in [0.4, 0.5) is 24.5 Å². The van der Waals surface area contributed by atoms with E-state index in [4.69, 9.17) is 4.74 Å². The first kappa shape index (κ1) is 24.6. The Hall–Kier alpha value is -3.56. The first-order valence-corrected chi connectivity index (χ1v) is 11.4. The van der Waals surface area contributed by atoms with Gasteiger partial charge in [0.2, 0.25) is 5.91 Å². The van der Waals surface area contributed by atoms with Crippen molar-refractivity contribution in [2.75, 3.05) is 49.1 Å². The molecule has 0 unspecified atom stereocenters. The number of piperazine rings is 1. The minimum absolute atomic E-state index is 0.0629. The Morgan fingerprint density at radius 2 is 1.77 bits per heavy atom. The first-order valence-electron chi connectivity index (χ1n) is 11.4. The van der Waals surface area contributed by atoms with E-state index in [1.165, 1.54) is 13.0 Å². The molecule has 7 nitrogen and oxygen atoms in total. The number of carbonyl (C=O) groups is 3. The van der Waals surface area contributed by atoms with Crippen molar-refractivity contribution < 1.29 is 32.3 Å². The van der Waals surface area contributed by atoms with E-state index >= 15 is 0 Å². The van der Waals surface area contributed by atoms with Crippen molar-refractivity contribution in [3.8, 4) is 5.75 Å². The van der Waals surface area contributed by atoms with Gasteiger partial charge in [-0.25, -0.2) is 0 Å². The lowest BCUT2D eigenvalue weighted by molar-refractivity contribution is -0.137. The van der Waals surface area contributed by atoms with Crippen molar-refractivity contribution in [2.24, 2.45) is 0 Å². The summed E-state index contributed by atoms with van der Waals surface area (Å²) in [5.74, 6) is 0.101. The number of hydrogen-bond acceptors (Lipinski definition) is 5. The minimum atomic E-state index is -4.40. The Labute approximate surface area is 201 Å². The van der Waals surface area contributed by atoms with E-state index < -0.39 is 11.7 Å². The highest BCUT2D eigenvalue weighted by Gasteiger charge is 2.31. The summed E-state index contributed by atoms with van der Waals surface area (Å²) in [6.45, 7) is 3.37. The van der Waals surface area contributed by atoms with Crippen LogP contribution in [0.25, 0.3) is 0 Å². The zero-order valence-electron chi connectivity index (χ0n) is 19.3. The Morgan fingerprint density at radius 1 is 1.03 bits per heavy atom. The molecule has 2 aromatic carbocycles. The summed E-state index contributed by atoms with van der Waals surface area (Å²) in [5.41, 5.74) is 0.794. The van der Waals surface area contributed by atoms with E-state index in [9.17, 15) is 27.6 Å². The highest BCUT2D eigenvalue weighted by molar-refractivity contribution is 6.01. The number of amides is 2. The molecular weight excluding hydrogens is 463 g/mol. The third-order valence-electron chi connectivity index (χ3n) is 6.25. The number of rotatable bonds is 6. The van der Waals surface area contributed by atoms with Crippen LogP contribution in [0.3, 0.4) is 0 Å². The molecule has 2 aliphatic rings. The van der Waals surface area contributed by atoms with Gasteiger partial charge >= 0.3 is 6.18 Å². The lowest BCUT2D eigenvalue weighted by atomic mass is 10.1. The summed E-state index contributed by atoms with van der Waals surface area (Å²) >= 11 is 0. The van der Waals surface area contributed by atoms with Gasteiger partial charge in [-0.3, -0.25) is 14.4 Å². The molecule has 2 aliphatic heterocycles. The second-order valence-electron chi connectivity index (χ2n) is 8.59. The van der Waals surface area contributed by atoms with E-state index in [1.807, 2.05) is 4.90 Å². The van der Waals surface area contributed by atoms with Gasteiger partial charge in [-0.15, -0.1) is 0 Å². The van der Waals surface area contributed by atoms with Crippen LogP contribution in [0.15, 0.2) is 42.5 Å². The van der Waals surface area contributed by atoms with Crippen molar-refractivity contribution in [1.82, 2.24) is 4.90 Å². The molecule has 0 N–H and O–H groups in total. The topological polar surface area (TPSA) is 70.2 Å². The molecule has 35 heavy (non-hydrogen) atoms. The Kier molecular flexibility index (Phi) is 7.00. The molecule has 0 atom stereocenters. The smallest absolute Gasteiger partial charge is 0.416 e. The predicted molar refractivity (Wildman–Crippen MR) is 124 cm³/mol. The second-order valence-corrected chi connectivity index (χ2v) is 8.59. The third kappa shape index (κ3) is 5.58. The molecule has 2 heterocycles. The molecule has 0 radical (unpaired) electrons. The van der Waals surface area contributed by atoms with E-state index in [2.05, 4.69) is 0 Å². The molecule has 0 bridgehead atoms. The quantitative estimate of drug-likeness (QED) is 0.578. The molecule has 0 saturated carbocycles. The van der Waals surface area contributed by atoms with Crippen molar-refractivity contribution >= 4 is 29.0 Å². The normalized spacial score (nSPS) is 16.1. The number of carbonyl (C=O) groups excluding carboxylic acids is 3. The number of halogens is 3. The molecule has 186 valence electrons. The second kappa shape index (κ2) is 9.97. The van der Waals surface area contributed by atoms with E-state index in [0.29, 0.717) is 61.8 Å². The standard InChI is InChI=1S/C25H26F3N3O4/c1-17(32)18-7-8-22-21(14-18)31(24(34)16-35-22)9-3-6-23(33)30-12-10-29(11-13-30)20-5-2-4-19(15-20)25(26,27)28/h2,4-5,7-8,14-15H,3,6,9-13,16H2,1H3. The Morgan fingerprint density at radius 3 is 2.46 bits per heavy atom. The molecule has 10 heteroatoms. The molecule has 2 amide bonds. The maximum absolute atomic E-state index is 13.0. The van der Waals surface area contributed by atoms with Crippen molar-refractivity contribution in [1.29, 1.82) is 0 Å². The fraction of sp³-hybridized carbons (Fsp3) is 0.400. The van der Waals surface area contributed by atoms with Gasteiger partial charge in [0.1, 0.15) is 5.75 Å². The van der Waals surface area contributed by atoms with Crippen LogP contribution in [0, 0.1) is 0 Å². The van der Waals surface area contributed by atoms with Gasteiger partial charge in [-0.05, 0) is 49.7 Å². The number of ether oxygens (including phenoxy) is 1. The molecule has 1 saturated heterocycles. The number of hydrogen-bond donors (Lipinski definition) is 0. The zero-order valence-corrected chi connectivity index (χ0v) is 19.3. The summed E-state index contributed by atoms with van der Waals surface area (Å²) in [4.78, 5) is 42.0. The van der Waals surface area contributed by atoms with Crippen LogP contribution in [-0.2, 0) is 15.8 Å². The molecule has 2 aromatic rings. The van der Waals surface area contributed by atoms with E-state index in [-0.39, 0.29) is 30.6 Å². The molecule has 0 spiro atoms. The van der Waals surface area contributed by atoms with Gasteiger partial charge in [0.05, 0.1) is 11.3 Å². The molecule has 4 rings (SSSR count). The van der Waals surface area contributed by atoms with Crippen LogP contribution in [-0.4, -0.2) is 61.8 Å². The lowest BCUT2D eigenvalue weighted by Gasteiger charge is -2.36. The number of nitrogens with zero attached hydrogens (tertiary/aromatic N) is 3. The van der Waals surface area contributed by atoms with Gasteiger partial charge < -0.3 is 19.4 Å². The Bertz CT molecular complexity index is 1130. The number of Topliss-reactive ketones (excluding diaryl/α,β-unsaturated/α-hetero) is 1. The number of benzene rings is 2. The average Bonchev–Trinajstić information content (AvgIpc) is 2.84. The van der Waals surface area contributed by atoms with Crippen LogP contribution >= 0.6 is 0 Å².